The molecule has 3 amide bonds. The maximum Gasteiger partial charge on any atom is 0.326 e. The molecule has 0 radical (unpaired) electrons. The van der Waals surface area contributed by atoms with E-state index in [4.69, 9.17) is 0 Å². The minimum absolute atomic E-state index is 0.0132. The van der Waals surface area contributed by atoms with Crippen molar-refractivity contribution in [2.75, 3.05) is 6.54 Å². The summed E-state index contributed by atoms with van der Waals surface area (Å²) in [4.78, 5) is 49.6. The summed E-state index contributed by atoms with van der Waals surface area (Å²) in [6.45, 7) is -0.559. The van der Waals surface area contributed by atoms with E-state index in [1.54, 1.807) is 12.1 Å². The molecular weight excluding hydrogens is 497 g/mol. The second kappa shape index (κ2) is 12.9. The standard InChI is InChI=1S/C27H26FN3O7/c28-19-7-5-18(6-8-19)25(35)31-22(13-16-1-9-20(32)10-2-16)26(36)29-15-24(34)30-23(27(37)38)14-17-3-11-21(33)12-4-17/h1-12,22-23,32-33H,13-15H2,(H,29,36)(H,30,34)(H,31,35)(H,37,38)/t22-,23-/m0/s1. The Morgan fingerprint density at radius 3 is 1.71 bits per heavy atom. The van der Waals surface area contributed by atoms with E-state index >= 15 is 0 Å². The average Bonchev–Trinajstić information content (AvgIpc) is 2.89. The molecule has 0 saturated carbocycles. The number of carboxylic acids is 1. The fourth-order valence-corrected chi connectivity index (χ4v) is 3.52. The van der Waals surface area contributed by atoms with Crippen molar-refractivity contribution in [2.45, 2.75) is 24.9 Å². The molecule has 3 rings (SSSR count). The third-order valence-corrected chi connectivity index (χ3v) is 5.54. The lowest BCUT2D eigenvalue weighted by molar-refractivity contribution is -0.141. The quantitative estimate of drug-likeness (QED) is 0.222. The molecule has 0 aliphatic carbocycles. The van der Waals surface area contributed by atoms with Gasteiger partial charge in [-0.25, -0.2) is 9.18 Å². The number of rotatable bonds is 11. The molecule has 0 aliphatic heterocycles. The fraction of sp³-hybridized carbons (Fsp3) is 0.185. The van der Waals surface area contributed by atoms with Crippen LogP contribution < -0.4 is 16.0 Å². The number of amides is 3. The molecule has 38 heavy (non-hydrogen) atoms. The summed E-state index contributed by atoms with van der Waals surface area (Å²) in [5, 5.41) is 35.6. The Kier molecular flexibility index (Phi) is 9.36. The van der Waals surface area contributed by atoms with Crippen molar-refractivity contribution in [1.29, 1.82) is 0 Å². The minimum atomic E-state index is -1.28. The van der Waals surface area contributed by atoms with Crippen LogP contribution in [0.2, 0.25) is 0 Å². The van der Waals surface area contributed by atoms with Gasteiger partial charge >= 0.3 is 5.97 Å². The van der Waals surface area contributed by atoms with Gasteiger partial charge in [0.2, 0.25) is 11.8 Å². The smallest absolute Gasteiger partial charge is 0.326 e. The predicted octanol–water partition coefficient (Wildman–Crippen LogP) is 1.51. The van der Waals surface area contributed by atoms with Crippen LogP contribution in [0.4, 0.5) is 4.39 Å². The Bertz CT molecular complexity index is 1280. The van der Waals surface area contributed by atoms with Crippen molar-refractivity contribution in [3.63, 3.8) is 0 Å². The molecule has 6 N–H and O–H groups in total. The number of nitrogens with one attached hydrogen (secondary N) is 3. The number of aliphatic carboxylic acids is 1. The lowest BCUT2D eigenvalue weighted by Gasteiger charge is -2.20. The van der Waals surface area contributed by atoms with Crippen molar-refractivity contribution in [2.24, 2.45) is 0 Å². The second-order valence-corrected chi connectivity index (χ2v) is 8.45. The highest BCUT2D eigenvalue weighted by atomic mass is 19.1. The largest absolute Gasteiger partial charge is 0.508 e. The first-order chi connectivity index (χ1) is 18.1. The summed E-state index contributed by atoms with van der Waals surface area (Å²) in [6.07, 6.45) is -0.0359. The zero-order valence-corrected chi connectivity index (χ0v) is 20.1. The van der Waals surface area contributed by atoms with E-state index in [2.05, 4.69) is 16.0 Å². The van der Waals surface area contributed by atoms with E-state index in [0.717, 1.165) is 12.1 Å². The molecule has 10 nitrogen and oxygen atoms in total. The Labute approximate surface area is 217 Å². The summed E-state index contributed by atoms with van der Waals surface area (Å²) in [5.41, 5.74) is 1.29. The van der Waals surface area contributed by atoms with Crippen LogP contribution >= 0.6 is 0 Å². The number of carboxylic acid groups (broad SMARTS) is 1. The minimum Gasteiger partial charge on any atom is -0.508 e. The summed E-state index contributed by atoms with van der Waals surface area (Å²) in [5.74, 6) is -3.91. The van der Waals surface area contributed by atoms with Crippen LogP contribution in [0.15, 0.2) is 72.8 Å². The van der Waals surface area contributed by atoms with Crippen molar-refractivity contribution >= 4 is 23.7 Å². The van der Waals surface area contributed by atoms with E-state index in [9.17, 15) is 38.9 Å². The fourth-order valence-electron chi connectivity index (χ4n) is 3.52. The number of aromatic hydroxyl groups is 2. The van der Waals surface area contributed by atoms with E-state index in [1.807, 2.05) is 0 Å². The molecule has 2 atom stereocenters. The van der Waals surface area contributed by atoms with Gasteiger partial charge in [0.15, 0.2) is 0 Å². The van der Waals surface area contributed by atoms with Crippen molar-refractivity contribution < 1.29 is 38.9 Å². The Morgan fingerprint density at radius 2 is 1.21 bits per heavy atom. The van der Waals surface area contributed by atoms with Crippen LogP contribution in [-0.2, 0) is 27.2 Å². The molecule has 0 aromatic heterocycles. The van der Waals surface area contributed by atoms with Crippen molar-refractivity contribution in [3.05, 3.63) is 95.3 Å². The maximum absolute atomic E-state index is 13.2. The molecule has 3 aromatic rings. The number of hydrogen-bond acceptors (Lipinski definition) is 6. The monoisotopic (exact) mass is 523 g/mol. The number of benzene rings is 3. The first-order valence-corrected chi connectivity index (χ1v) is 11.5. The summed E-state index contributed by atoms with van der Waals surface area (Å²) >= 11 is 0. The highest BCUT2D eigenvalue weighted by Gasteiger charge is 2.24. The van der Waals surface area contributed by atoms with Gasteiger partial charge in [-0.1, -0.05) is 24.3 Å². The normalized spacial score (nSPS) is 12.1. The van der Waals surface area contributed by atoms with Gasteiger partial charge in [0.25, 0.3) is 5.91 Å². The van der Waals surface area contributed by atoms with Crippen LogP contribution in [0.25, 0.3) is 0 Å². The van der Waals surface area contributed by atoms with Crippen molar-refractivity contribution in [3.8, 4) is 11.5 Å². The third kappa shape index (κ3) is 8.33. The third-order valence-electron chi connectivity index (χ3n) is 5.54. The molecule has 0 unspecified atom stereocenters. The van der Waals surface area contributed by atoms with Crippen LogP contribution in [-0.4, -0.2) is 57.6 Å². The maximum atomic E-state index is 13.2. The van der Waals surface area contributed by atoms with Crippen LogP contribution in [0, 0.1) is 5.82 Å². The zero-order valence-electron chi connectivity index (χ0n) is 20.1. The molecule has 0 heterocycles. The van der Waals surface area contributed by atoms with Gasteiger partial charge in [0.05, 0.1) is 6.54 Å². The van der Waals surface area contributed by atoms with Crippen molar-refractivity contribution in [1.82, 2.24) is 16.0 Å². The molecule has 3 aromatic carbocycles. The first-order valence-electron chi connectivity index (χ1n) is 11.5. The van der Waals surface area contributed by atoms with Crippen LogP contribution in [0.3, 0.4) is 0 Å². The first kappa shape index (κ1) is 27.7. The van der Waals surface area contributed by atoms with Gasteiger partial charge in [0.1, 0.15) is 29.4 Å². The highest BCUT2D eigenvalue weighted by molar-refractivity contribution is 5.98. The molecule has 0 spiro atoms. The highest BCUT2D eigenvalue weighted by Crippen LogP contribution is 2.13. The number of carbonyl (C=O) groups excluding carboxylic acids is 3. The molecule has 0 fully saturated rings. The molecule has 11 heteroatoms. The lowest BCUT2D eigenvalue weighted by Crippen LogP contribution is -2.51. The number of hydrogen-bond donors (Lipinski definition) is 6. The predicted molar refractivity (Wildman–Crippen MR) is 134 cm³/mol. The van der Waals surface area contributed by atoms with Gasteiger partial charge in [-0.15, -0.1) is 0 Å². The van der Waals surface area contributed by atoms with Gasteiger partial charge in [0, 0.05) is 18.4 Å². The summed E-state index contributed by atoms with van der Waals surface area (Å²) < 4.78 is 13.2. The number of phenols is 2. The SMILES string of the molecule is O=C(CNC(=O)[C@H](Cc1ccc(O)cc1)NC(=O)c1ccc(F)cc1)N[C@@H](Cc1ccc(O)cc1)C(=O)O. The Balaban J connectivity index is 1.64. The molecule has 0 aliphatic rings. The molecule has 0 bridgehead atoms. The number of halogens is 1. The van der Waals surface area contributed by atoms with Gasteiger partial charge in [-0.3, -0.25) is 14.4 Å². The van der Waals surface area contributed by atoms with Crippen LogP contribution in [0.1, 0.15) is 21.5 Å². The van der Waals surface area contributed by atoms with Crippen LogP contribution in [0.5, 0.6) is 11.5 Å². The Hall–Kier alpha value is -4.93. The van der Waals surface area contributed by atoms with E-state index in [-0.39, 0.29) is 29.9 Å². The van der Waals surface area contributed by atoms with Gasteiger partial charge in [-0.05, 0) is 59.7 Å². The second-order valence-electron chi connectivity index (χ2n) is 8.45. The average molecular weight is 524 g/mol. The lowest BCUT2D eigenvalue weighted by atomic mass is 10.0. The molecule has 198 valence electrons. The van der Waals surface area contributed by atoms with Gasteiger partial charge < -0.3 is 31.3 Å². The number of carbonyl (C=O) groups is 4. The van der Waals surface area contributed by atoms with E-state index < -0.39 is 48.1 Å². The summed E-state index contributed by atoms with van der Waals surface area (Å²) in [6, 6.07) is 14.1. The zero-order chi connectivity index (χ0) is 27.7. The van der Waals surface area contributed by atoms with E-state index in [0.29, 0.717) is 11.1 Å². The Morgan fingerprint density at radius 1 is 0.711 bits per heavy atom. The van der Waals surface area contributed by atoms with E-state index in [1.165, 1.54) is 48.5 Å². The van der Waals surface area contributed by atoms with Gasteiger partial charge in [-0.2, -0.15) is 0 Å². The topological polar surface area (TPSA) is 165 Å². The number of phenolic OH excluding ortho intramolecular Hbond substituents is 2. The molecular formula is C27H26FN3O7. The molecule has 0 saturated heterocycles. The summed E-state index contributed by atoms with van der Waals surface area (Å²) in [7, 11) is 0.